The summed E-state index contributed by atoms with van der Waals surface area (Å²) in [5.74, 6) is 1.45. The molecule has 0 radical (unpaired) electrons. The molecule has 0 saturated heterocycles. The summed E-state index contributed by atoms with van der Waals surface area (Å²) in [5, 5.41) is 13.5. The number of carbonyl (C=O) groups excluding carboxylic acids is 1. The molecule has 3 heterocycles. The number of rotatable bonds is 5. The summed E-state index contributed by atoms with van der Waals surface area (Å²) in [5.41, 5.74) is 3.93. The van der Waals surface area contributed by atoms with Gasteiger partial charge in [0.25, 0.3) is 0 Å². The Morgan fingerprint density at radius 2 is 2.26 bits per heavy atom. The Labute approximate surface area is 188 Å². The van der Waals surface area contributed by atoms with Crippen molar-refractivity contribution in [2.24, 2.45) is 5.92 Å². The molecule has 31 heavy (non-hydrogen) atoms. The lowest BCUT2D eigenvalue weighted by Gasteiger charge is -2.17. The van der Waals surface area contributed by atoms with Crippen molar-refractivity contribution in [1.82, 2.24) is 19.6 Å². The van der Waals surface area contributed by atoms with Crippen LogP contribution in [0.2, 0.25) is 0 Å². The highest BCUT2D eigenvalue weighted by atomic mass is 32.2. The Kier molecular flexibility index (Phi) is 5.31. The van der Waals surface area contributed by atoms with Gasteiger partial charge in [-0.3, -0.25) is 9.20 Å². The molecule has 1 N–H and O–H groups in total. The Morgan fingerprint density at radius 3 is 3.10 bits per heavy atom. The van der Waals surface area contributed by atoms with Gasteiger partial charge < -0.3 is 10.1 Å². The first-order chi connectivity index (χ1) is 15.0. The summed E-state index contributed by atoms with van der Waals surface area (Å²) in [4.78, 5) is 19.7. The van der Waals surface area contributed by atoms with E-state index in [0.717, 1.165) is 34.3 Å². The monoisotopic (exact) mass is 453 g/mol. The van der Waals surface area contributed by atoms with Crippen LogP contribution in [0.4, 0.5) is 5.69 Å². The quantitative estimate of drug-likeness (QED) is 0.448. The van der Waals surface area contributed by atoms with Crippen molar-refractivity contribution >= 4 is 50.6 Å². The van der Waals surface area contributed by atoms with Gasteiger partial charge in [0.05, 0.1) is 23.9 Å². The molecule has 3 aromatic heterocycles. The molecule has 7 nitrogen and oxygen atoms in total. The highest BCUT2D eigenvalue weighted by Gasteiger charge is 2.24. The van der Waals surface area contributed by atoms with Crippen LogP contribution in [0.3, 0.4) is 0 Å². The first-order valence-electron chi connectivity index (χ1n) is 10.2. The maximum atomic E-state index is 12.6. The number of fused-ring (bicyclic) bond motifs is 5. The number of thioether (sulfide) groups is 1. The number of carbonyl (C=O) groups is 1. The molecular formula is C22H23N5O2S2. The predicted octanol–water partition coefficient (Wildman–Crippen LogP) is 4.51. The van der Waals surface area contributed by atoms with Crippen molar-refractivity contribution in [1.29, 1.82) is 0 Å². The van der Waals surface area contributed by atoms with E-state index < -0.39 is 0 Å². The van der Waals surface area contributed by atoms with Gasteiger partial charge in [0.1, 0.15) is 16.9 Å². The van der Waals surface area contributed by atoms with Crippen LogP contribution in [-0.4, -0.2) is 38.4 Å². The molecule has 1 aromatic carbocycles. The van der Waals surface area contributed by atoms with Gasteiger partial charge in [0.15, 0.2) is 10.8 Å². The fourth-order valence-corrected chi connectivity index (χ4v) is 6.10. The van der Waals surface area contributed by atoms with Gasteiger partial charge in [-0.2, -0.15) is 0 Å². The number of ether oxygens (including phenoxy) is 1. The van der Waals surface area contributed by atoms with Crippen molar-refractivity contribution in [3.63, 3.8) is 0 Å². The number of amides is 1. The standard InChI is InChI=1S/C22H23N5O2S2/c1-12-5-7-16(29-3)15(8-12)24-18(28)10-30-22-26-25-20-19-14-6-4-13(2)9-17(14)31-21(19)23-11-27(20)22/h5,7-8,11,13H,4,6,9-10H2,1-3H3,(H,24,28)/t13-/m1/s1. The molecule has 0 unspecified atom stereocenters. The molecule has 0 bridgehead atoms. The van der Waals surface area contributed by atoms with Gasteiger partial charge >= 0.3 is 0 Å². The maximum absolute atomic E-state index is 12.6. The number of aromatic nitrogens is 4. The SMILES string of the molecule is COc1ccc(C)cc1NC(=O)CSc1nnc2c3c4c(sc3ncn12)C[C@H](C)CC4. The third-order valence-corrected chi connectivity index (χ3v) is 7.74. The van der Waals surface area contributed by atoms with Crippen LogP contribution in [0.5, 0.6) is 5.75 Å². The molecule has 4 aromatic rings. The van der Waals surface area contributed by atoms with Crippen LogP contribution in [0.1, 0.15) is 29.3 Å². The van der Waals surface area contributed by atoms with Crippen molar-refractivity contribution in [3.05, 3.63) is 40.5 Å². The smallest absolute Gasteiger partial charge is 0.234 e. The molecule has 0 saturated carbocycles. The number of nitrogens with one attached hydrogen (secondary N) is 1. The molecule has 1 atom stereocenters. The summed E-state index contributed by atoms with van der Waals surface area (Å²) in [6.45, 7) is 4.28. The van der Waals surface area contributed by atoms with Crippen LogP contribution in [-0.2, 0) is 17.6 Å². The minimum atomic E-state index is -0.124. The number of nitrogens with zero attached hydrogens (tertiary/aromatic N) is 4. The van der Waals surface area contributed by atoms with Crippen LogP contribution in [0.15, 0.2) is 29.7 Å². The van der Waals surface area contributed by atoms with Gasteiger partial charge in [0, 0.05) is 4.88 Å². The van der Waals surface area contributed by atoms with Crippen LogP contribution >= 0.6 is 23.1 Å². The third kappa shape index (κ3) is 3.76. The molecule has 5 rings (SSSR count). The van der Waals surface area contributed by atoms with E-state index in [-0.39, 0.29) is 11.7 Å². The Hall–Kier alpha value is -2.65. The lowest BCUT2D eigenvalue weighted by molar-refractivity contribution is -0.113. The average Bonchev–Trinajstić information content (AvgIpc) is 3.32. The van der Waals surface area contributed by atoms with E-state index in [1.807, 2.05) is 29.5 Å². The second-order valence-corrected chi connectivity index (χ2v) is 10.0. The van der Waals surface area contributed by atoms with Gasteiger partial charge in [-0.15, -0.1) is 21.5 Å². The number of hydrogen-bond donors (Lipinski definition) is 1. The van der Waals surface area contributed by atoms with E-state index in [9.17, 15) is 4.79 Å². The summed E-state index contributed by atoms with van der Waals surface area (Å²) in [7, 11) is 1.59. The lowest BCUT2D eigenvalue weighted by Crippen LogP contribution is -2.15. The van der Waals surface area contributed by atoms with E-state index in [1.54, 1.807) is 24.8 Å². The van der Waals surface area contributed by atoms with E-state index in [4.69, 9.17) is 4.74 Å². The van der Waals surface area contributed by atoms with Crippen molar-refractivity contribution in [3.8, 4) is 5.75 Å². The topological polar surface area (TPSA) is 81.4 Å². The molecule has 0 aliphatic heterocycles. The second-order valence-electron chi connectivity index (χ2n) is 7.99. The first-order valence-corrected chi connectivity index (χ1v) is 12.0. The maximum Gasteiger partial charge on any atom is 0.234 e. The number of benzene rings is 1. The number of aryl methyl sites for hydroxylation is 2. The Balaban J connectivity index is 1.37. The van der Waals surface area contributed by atoms with Crippen LogP contribution in [0, 0.1) is 12.8 Å². The molecule has 0 spiro atoms. The molecule has 160 valence electrons. The molecule has 1 amide bonds. The van der Waals surface area contributed by atoms with E-state index >= 15 is 0 Å². The van der Waals surface area contributed by atoms with Crippen LogP contribution < -0.4 is 10.1 Å². The molecule has 9 heteroatoms. The van der Waals surface area contributed by atoms with Crippen molar-refractivity contribution < 1.29 is 9.53 Å². The number of anilines is 1. The summed E-state index contributed by atoms with van der Waals surface area (Å²) in [6.07, 6.45) is 5.14. The van der Waals surface area contributed by atoms with E-state index in [0.29, 0.717) is 22.5 Å². The largest absolute Gasteiger partial charge is 0.495 e. The minimum Gasteiger partial charge on any atom is -0.495 e. The van der Waals surface area contributed by atoms with Gasteiger partial charge in [-0.05, 0) is 55.4 Å². The fourth-order valence-electron chi connectivity index (χ4n) is 4.05. The highest BCUT2D eigenvalue weighted by Crippen LogP contribution is 2.39. The number of methoxy groups -OCH3 is 1. The van der Waals surface area contributed by atoms with Gasteiger partial charge in [0.2, 0.25) is 5.91 Å². The molecule has 1 aliphatic carbocycles. The normalized spacial score (nSPS) is 15.9. The zero-order valence-corrected chi connectivity index (χ0v) is 19.3. The molecule has 1 aliphatic rings. The van der Waals surface area contributed by atoms with Gasteiger partial charge in [-0.25, -0.2) is 4.98 Å². The van der Waals surface area contributed by atoms with E-state index in [2.05, 4.69) is 27.4 Å². The minimum absolute atomic E-state index is 0.124. The first kappa shape index (κ1) is 20.3. The predicted molar refractivity (Wildman–Crippen MR) is 124 cm³/mol. The Bertz CT molecular complexity index is 1300. The third-order valence-electron chi connectivity index (χ3n) is 5.63. The van der Waals surface area contributed by atoms with Crippen molar-refractivity contribution in [2.75, 3.05) is 18.2 Å². The molecule has 0 fully saturated rings. The average molecular weight is 454 g/mol. The number of thiophene rings is 1. The molecular weight excluding hydrogens is 430 g/mol. The zero-order valence-electron chi connectivity index (χ0n) is 17.6. The van der Waals surface area contributed by atoms with Crippen LogP contribution in [0.25, 0.3) is 15.9 Å². The summed E-state index contributed by atoms with van der Waals surface area (Å²) >= 11 is 3.13. The van der Waals surface area contributed by atoms with E-state index in [1.165, 1.54) is 28.6 Å². The summed E-state index contributed by atoms with van der Waals surface area (Å²) < 4.78 is 7.24. The van der Waals surface area contributed by atoms with Crippen molar-refractivity contribution in [2.45, 2.75) is 38.3 Å². The van der Waals surface area contributed by atoms with Gasteiger partial charge in [-0.1, -0.05) is 24.8 Å². The second kappa shape index (κ2) is 8.12. The zero-order chi connectivity index (χ0) is 21.5. The highest BCUT2D eigenvalue weighted by molar-refractivity contribution is 7.99. The summed E-state index contributed by atoms with van der Waals surface area (Å²) in [6, 6.07) is 5.70. The lowest BCUT2D eigenvalue weighted by atomic mass is 9.89. The Morgan fingerprint density at radius 1 is 1.39 bits per heavy atom. The number of hydrogen-bond acceptors (Lipinski definition) is 7. The fraction of sp³-hybridized carbons (Fsp3) is 0.364.